The topological polar surface area (TPSA) is 35.8 Å². The van der Waals surface area contributed by atoms with Crippen LogP contribution in [0.1, 0.15) is 17.5 Å². The number of rotatable bonds is 4. The number of hydrogen-bond acceptors (Lipinski definition) is 3. The summed E-state index contributed by atoms with van der Waals surface area (Å²) in [5.41, 5.74) is 1.67. The van der Waals surface area contributed by atoms with Crippen molar-refractivity contribution in [3.8, 4) is 0 Å². The largest absolute Gasteiger partial charge is 0.411 e. The first kappa shape index (κ1) is 15.6. The molecule has 1 N–H and O–H groups in total. The smallest absolute Gasteiger partial charge is 0.135 e. The number of oxime groups is 1. The van der Waals surface area contributed by atoms with Gasteiger partial charge in [-0.1, -0.05) is 35.5 Å². The van der Waals surface area contributed by atoms with Crippen molar-refractivity contribution >= 4 is 5.71 Å². The van der Waals surface area contributed by atoms with Crippen LogP contribution in [0.5, 0.6) is 0 Å². The Morgan fingerprint density at radius 2 is 1.96 bits per heavy atom. The summed E-state index contributed by atoms with van der Waals surface area (Å²) in [7, 11) is 0. The zero-order valence-electron chi connectivity index (χ0n) is 12.6. The van der Waals surface area contributed by atoms with E-state index in [9.17, 15) is 14.0 Å². The molecule has 0 aliphatic carbocycles. The Hall–Kier alpha value is -2.27. The lowest BCUT2D eigenvalue weighted by atomic mass is 9.95. The highest BCUT2D eigenvalue weighted by atomic mass is 19.1. The molecule has 0 bridgehead atoms. The molecule has 0 radical (unpaired) electrons. The molecule has 1 heterocycles. The Balaban J connectivity index is 1.72. The van der Waals surface area contributed by atoms with Gasteiger partial charge in [0, 0.05) is 30.6 Å². The van der Waals surface area contributed by atoms with E-state index in [1.54, 1.807) is 0 Å². The van der Waals surface area contributed by atoms with Crippen LogP contribution in [-0.2, 0) is 6.54 Å². The number of likely N-dealkylation sites (tertiary alicyclic amines) is 1. The van der Waals surface area contributed by atoms with Gasteiger partial charge in [0.15, 0.2) is 0 Å². The average Bonchev–Trinajstić information content (AvgIpc) is 2.99. The normalized spacial score (nSPS) is 19.2. The van der Waals surface area contributed by atoms with Gasteiger partial charge in [-0.15, -0.1) is 0 Å². The van der Waals surface area contributed by atoms with E-state index in [1.807, 2.05) is 18.2 Å². The monoisotopic (exact) mass is 316 g/mol. The van der Waals surface area contributed by atoms with Gasteiger partial charge in [0.25, 0.3) is 0 Å². The molecule has 0 amide bonds. The first-order valence-corrected chi connectivity index (χ1v) is 7.61. The van der Waals surface area contributed by atoms with Gasteiger partial charge in [0.05, 0.1) is 5.71 Å². The van der Waals surface area contributed by atoms with E-state index in [-0.39, 0.29) is 17.2 Å². The predicted molar refractivity (Wildman–Crippen MR) is 84.5 cm³/mol. The molecule has 1 aliphatic rings. The van der Waals surface area contributed by atoms with Crippen molar-refractivity contribution in [2.24, 2.45) is 11.1 Å². The minimum atomic E-state index is -0.695. The lowest BCUT2D eigenvalue weighted by molar-refractivity contribution is 0.309. The molecular formula is C18H18F2N2O. The molecule has 1 atom stereocenters. The molecule has 120 valence electrons. The fourth-order valence-corrected chi connectivity index (χ4v) is 3.09. The first-order valence-electron chi connectivity index (χ1n) is 7.61. The van der Waals surface area contributed by atoms with Gasteiger partial charge >= 0.3 is 0 Å². The maximum Gasteiger partial charge on any atom is 0.135 e. The molecule has 1 unspecified atom stereocenters. The van der Waals surface area contributed by atoms with Crippen molar-refractivity contribution in [1.29, 1.82) is 0 Å². The molecule has 0 spiro atoms. The highest BCUT2D eigenvalue weighted by Gasteiger charge is 2.29. The zero-order chi connectivity index (χ0) is 16.2. The third kappa shape index (κ3) is 3.56. The van der Waals surface area contributed by atoms with Crippen LogP contribution in [0.3, 0.4) is 0 Å². The van der Waals surface area contributed by atoms with Gasteiger partial charge < -0.3 is 5.21 Å². The van der Waals surface area contributed by atoms with Gasteiger partial charge in [-0.2, -0.15) is 0 Å². The summed E-state index contributed by atoms with van der Waals surface area (Å²) in [5, 5.41) is 12.6. The fourth-order valence-electron chi connectivity index (χ4n) is 3.09. The minimum absolute atomic E-state index is 0.0660. The van der Waals surface area contributed by atoms with Crippen LogP contribution < -0.4 is 0 Å². The quantitative estimate of drug-likeness (QED) is 0.531. The molecule has 1 aliphatic heterocycles. The number of nitrogens with zero attached hydrogens (tertiary/aromatic N) is 2. The van der Waals surface area contributed by atoms with Crippen molar-refractivity contribution in [2.75, 3.05) is 13.1 Å². The second-order valence-corrected chi connectivity index (χ2v) is 5.82. The van der Waals surface area contributed by atoms with E-state index in [4.69, 9.17) is 0 Å². The predicted octanol–water partition coefficient (Wildman–Crippen LogP) is 3.67. The number of halogens is 2. The van der Waals surface area contributed by atoms with Crippen LogP contribution in [0.4, 0.5) is 8.78 Å². The van der Waals surface area contributed by atoms with Crippen molar-refractivity contribution in [3.63, 3.8) is 0 Å². The summed E-state index contributed by atoms with van der Waals surface area (Å²) in [6, 6.07) is 13.4. The lowest BCUT2D eigenvalue weighted by Crippen LogP contribution is -2.24. The van der Waals surface area contributed by atoms with Gasteiger partial charge in [-0.25, -0.2) is 8.78 Å². The second-order valence-electron chi connectivity index (χ2n) is 5.82. The van der Waals surface area contributed by atoms with Gasteiger partial charge in [0.1, 0.15) is 11.6 Å². The molecule has 1 saturated heterocycles. The Bertz CT molecular complexity index is 703. The van der Waals surface area contributed by atoms with Crippen LogP contribution in [0.2, 0.25) is 0 Å². The van der Waals surface area contributed by atoms with Gasteiger partial charge in [0.2, 0.25) is 0 Å². The summed E-state index contributed by atoms with van der Waals surface area (Å²) in [5.74, 6) is -1.40. The summed E-state index contributed by atoms with van der Waals surface area (Å²) in [4.78, 5) is 2.24. The molecule has 2 aromatic carbocycles. The molecular weight excluding hydrogens is 298 g/mol. The number of benzene rings is 2. The highest BCUT2D eigenvalue weighted by Crippen LogP contribution is 2.24. The van der Waals surface area contributed by atoms with Gasteiger partial charge in [-0.05, 0) is 30.7 Å². The second kappa shape index (κ2) is 6.87. The molecule has 3 rings (SSSR count). The van der Waals surface area contributed by atoms with Crippen molar-refractivity contribution in [2.45, 2.75) is 13.0 Å². The average molecular weight is 316 g/mol. The van der Waals surface area contributed by atoms with Gasteiger partial charge in [-0.3, -0.25) is 4.90 Å². The van der Waals surface area contributed by atoms with Crippen LogP contribution in [0.15, 0.2) is 53.7 Å². The molecule has 23 heavy (non-hydrogen) atoms. The fraction of sp³-hybridized carbons (Fsp3) is 0.278. The molecule has 0 saturated carbocycles. The third-order valence-electron chi connectivity index (χ3n) is 4.22. The molecule has 2 aromatic rings. The Kier molecular flexibility index (Phi) is 4.67. The Morgan fingerprint density at radius 1 is 1.17 bits per heavy atom. The molecule has 1 fully saturated rings. The first-order chi connectivity index (χ1) is 11.2. The molecule has 0 aromatic heterocycles. The van der Waals surface area contributed by atoms with Crippen LogP contribution in [0.25, 0.3) is 0 Å². The summed E-state index contributed by atoms with van der Waals surface area (Å²) in [6.07, 6.45) is 0.781. The van der Waals surface area contributed by atoms with Crippen LogP contribution >= 0.6 is 0 Å². The van der Waals surface area contributed by atoms with E-state index in [1.165, 1.54) is 17.7 Å². The standard InChI is InChI=1S/C18H18F2N2O/c19-15-6-7-16(17(20)10-15)18(21-23)14-8-9-22(12-14)11-13-4-2-1-3-5-13/h1-7,10,14,23H,8-9,11-12H2/b21-18-. The summed E-state index contributed by atoms with van der Waals surface area (Å²) >= 11 is 0. The maximum absolute atomic E-state index is 13.9. The van der Waals surface area contributed by atoms with Crippen LogP contribution in [0, 0.1) is 17.6 Å². The number of hydrogen-bond donors (Lipinski definition) is 1. The third-order valence-corrected chi connectivity index (χ3v) is 4.22. The Morgan fingerprint density at radius 3 is 2.65 bits per heavy atom. The molecule has 3 nitrogen and oxygen atoms in total. The van der Waals surface area contributed by atoms with E-state index < -0.39 is 11.6 Å². The van der Waals surface area contributed by atoms with Crippen molar-refractivity contribution in [1.82, 2.24) is 4.90 Å². The summed E-state index contributed by atoms with van der Waals surface area (Å²) < 4.78 is 27.0. The Labute approximate surface area is 133 Å². The van der Waals surface area contributed by atoms with Crippen molar-refractivity contribution < 1.29 is 14.0 Å². The van der Waals surface area contributed by atoms with E-state index in [0.717, 1.165) is 25.6 Å². The van der Waals surface area contributed by atoms with E-state index in [2.05, 4.69) is 22.2 Å². The molecule has 5 heteroatoms. The SMILES string of the molecule is O/N=C(\c1ccc(F)cc1F)C1CCN(Cc2ccccc2)C1. The highest BCUT2D eigenvalue weighted by molar-refractivity contribution is 6.02. The zero-order valence-corrected chi connectivity index (χ0v) is 12.6. The maximum atomic E-state index is 13.9. The minimum Gasteiger partial charge on any atom is -0.411 e. The van der Waals surface area contributed by atoms with Crippen molar-refractivity contribution in [3.05, 3.63) is 71.3 Å². The van der Waals surface area contributed by atoms with E-state index >= 15 is 0 Å². The van der Waals surface area contributed by atoms with Crippen LogP contribution in [-0.4, -0.2) is 28.9 Å². The summed E-state index contributed by atoms with van der Waals surface area (Å²) in [6.45, 7) is 2.34. The van der Waals surface area contributed by atoms with E-state index in [0.29, 0.717) is 6.54 Å². The lowest BCUT2D eigenvalue weighted by Gasteiger charge is -2.17.